The highest BCUT2D eigenvalue weighted by Crippen LogP contribution is 2.16. The van der Waals surface area contributed by atoms with Gasteiger partial charge >= 0.3 is 0 Å². The monoisotopic (exact) mass is 297 g/mol. The van der Waals surface area contributed by atoms with Crippen LogP contribution >= 0.6 is 11.6 Å². The smallest absolute Gasteiger partial charge is 0.203 e. The molecule has 1 N–H and O–H groups in total. The highest BCUT2D eigenvalue weighted by Gasteiger charge is 2.09. The van der Waals surface area contributed by atoms with Crippen LogP contribution in [0.3, 0.4) is 0 Å². The summed E-state index contributed by atoms with van der Waals surface area (Å²) in [5.74, 6) is 0. The average molecular weight is 298 g/mol. The predicted octanol–water partition coefficient (Wildman–Crippen LogP) is 3.81. The molecular formula is C17H16ClN3. The molecule has 0 radical (unpaired) electrons. The number of nitrogens with zero attached hydrogens (tertiary/aromatic N) is 2. The third-order valence-corrected chi connectivity index (χ3v) is 3.79. The van der Waals surface area contributed by atoms with Crippen molar-refractivity contribution >= 4 is 22.6 Å². The van der Waals surface area contributed by atoms with Crippen molar-refractivity contribution in [1.82, 2.24) is 9.13 Å². The zero-order valence-electron chi connectivity index (χ0n) is 11.6. The van der Waals surface area contributed by atoms with Crippen molar-refractivity contribution in [2.24, 2.45) is 0 Å². The van der Waals surface area contributed by atoms with Crippen molar-refractivity contribution in [3.8, 4) is 0 Å². The molecule has 4 heteroatoms. The minimum Gasteiger partial charge on any atom is -0.307 e. The molecular weight excluding hydrogens is 282 g/mol. The molecule has 0 aliphatic carbocycles. The molecule has 3 aromatic rings. The van der Waals surface area contributed by atoms with Gasteiger partial charge in [-0.1, -0.05) is 41.9 Å². The molecule has 2 aromatic carbocycles. The topological polar surface area (TPSA) is 33.7 Å². The number of benzene rings is 2. The number of rotatable bonds is 4. The summed E-state index contributed by atoms with van der Waals surface area (Å²) < 4.78 is 3.96. The van der Waals surface area contributed by atoms with E-state index in [1.54, 1.807) is 0 Å². The number of para-hydroxylation sites is 2. The van der Waals surface area contributed by atoms with Crippen LogP contribution in [0.15, 0.2) is 61.2 Å². The molecule has 1 aromatic heterocycles. The van der Waals surface area contributed by atoms with Gasteiger partial charge in [-0.05, 0) is 29.8 Å². The summed E-state index contributed by atoms with van der Waals surface area (Å²) >= 11 is 5.93. The van der Waals surface area contributed by atoms with Crippen LogP contribution in [0.1, 0.15) is 5.56 Å². The number of hydrogen-bond acceptors (Lipinski definition) is 1. The first-order chi connectivity index (χ1) is 10.2. The molecule has 0 atom stereocenters. The summed E-state index contributed by atoms with van der Waals surface area (Å²) in [4.78, 5) is 0. The molecule has 0 amide bonds. The van der Waals surface area contributed by atoms with Crippen LogP contribution in [-0.2, 0) is 13.1 Å². The molecule has 0 fully saturated rings. The van der Waals surface area contributed by atoms with Gasteiger partial charge in [0.15, 0.2) is 0 Å². The maximum Gasteiger partial charge on any atom is 0.203 e. The maximum atomic E-state index is 8.42. The summed E-state index contributed by atoms with van der Waals surface area (Å²) in [5.41, 5.74) is 3.71. The fourth-order valence-corrected chi connectivity index (χ4v) is 2.67. The molecule has 1 heterocycles. The van der Waals surface area contributed by atoms with Gasteiger partial charge in [-0.3, -0.25) is 5.41 Å². The van der Waals surface area contributed by atoms with Gasteiger partial charge in [0.05, 0.1) is 17.6 Å². The lowest BCUT2D eigenvalue weighted by Gasteiger charge is -2.05. The van der Waals surface area contributed by atoms with Gasteiger partial charge in [0, 0.05) is 11.6 Å². The Morgan fingerprint density at radius 2 is 1.62 bits per heavy atom. The van der Waals surface area contributed by atoms with E-state index in [1.165, 1.54) is 0 Å². The standard InChI is InChI=1S/C17H16ClN3/c1-2-11-20-15-5-3-4-6-16(15)21(17(20)19)12-13-7-9-14(18)10-8-13/h2-10,19H,1,11-12H2. The van der Waals surface area contributed by atoms with E-state index in [4.69, 9.17) is 17.0 Å². The number of fused-ring (bicyclic) bond motifs is 1. The van der Waals surface area contributed by atoms with E-state index < -0.39 is 0 Å². The molecule has 0 unspecified atom stereocenters. The first-order valence-electron chi connectivity index (χ1n) is 6.78. The second-order valence-corrected chi connectivity index (χ2v) is 5.36. The fraction of sp³-hybridized carbons (Fsp3) is 0.118. The second kappa shape index (κ2) is 5.62. The molecule has 0 bridgehead atoms. The summed E-state index contributed by atoms with van der Waals surface area (Å²) in [6.07, 6.45) is 1.82. The van der Waals surface area contributed by atoms with Crippen molar-refractivity contribution in [1.29, 1.82) is 5.41 Å². The van der Waals surface area contributed by atoms with Crippen molar-refractivity contribution in [3.05, 3.63) is 77.4 Å². The summed E-state index contributed by atoms with van der Waals surface area (Å²) in [7, 11) is 0. The number of halogens is 1. The van der Waals surface area contributed by atoms with Gasteiger partial charge < -0.3 is 9.13 Å². The maximum absolute atomic E-state index is 8.42. The zero-order chi connectivity index (χ0) is 14.8. The highest BCUT2D eigenvalue weighted by molar-refractivity contribution is 6.30. The zero-order valence-corrected chi connectivity index (χ0v) is 12.3. The van der Waals surface area contributed by atoms with Crippen LogP contribution in [0.4, 0.5) is 0 Å². The SMILES string of the molecule is C=CCn1c(=N)n(Cc2ccc(Cl)cc2)c2ccccc21. The molecule has 0 aliphatic rings. The van der Waals surface area contributed by atoms with E-state index in [-0.39, 0.29) is 0 Å². The highest BCUT2D eigenvalue weighted by atomic mass is 35.5. The lowest BCUT2D eigenvalue weighted by Crippen LogP contribution is -2.24. The number of aromatic nitrogens is 2. The summed E-state index contributed by atoms with van der Waals surface area (Å²) in [6.45, 7) is 5.06. The minimum atomic E-state index is 0.478. The van der Waals surface area contributed by atoms with Crippen LogP contribution in [-0.4, -0.2) is 9.13 Å². The Morgan fingerprint density at radius 3 is 2.24 bits per heavy atom. The van der Waals surface area contributed by atoms with E-state index in [9.17, 15) is 0 Å². The van der Waals surface area contributed by atoms with Crippen molar-refractivity contribution in [2.75, 3.05) is 0 Å². The molecule has 106 valence electrons. The molecule has 0 aliphatic heterocycles. The number of nitrogens with one attached hydrogen (secondary N) is 1. The average Bonchev–Trinajstić information content (AvgIpc) is 2.76. The van der Waals surface area contributed by atoms with E-state index >= 15 is 0 Å². The van der Waals surface area contributed by atoms with E-state index in [2.05, 4.69) is 6.58 Å². The molecule has 21 heavy (non-hydrogen) atoms. The van der Waals surface area contributed by atoms with E-state index in [0.29, 0.717) is 18.7 Å². The third kappa shape index (κ3) is 2.52. The minimum absolute atomic E-state index is 0.478. The molecule has 0 saturated heterocycles. The Morgan fingerprint density at radius 1 is 1.00 bits per heavy atom. The molecule has 0 saturated carbocycles. The van der Waals surface area contributed by atoms with Crippen LogP contribution in [0, 0.1) is 5.41 Å². The van der Waals surface area contributed by atoms with Gasteiger partial charge in [0.2, 0.25) is 5.62 Å². The van der Waals surface area contributed by atoms with Crippen molar-refractivity contribution in [2.45, 2.75) is 13.1 Å². The Bertz CT molecular complexity index is 841. The van der Waals surface area contributed by atoms with Crippen LogP contribution in [0.5, 0.6) is 0 Å². The molecule has 0 spiro atoms. The van der Waals surface area contributed by atoms with Crippen LogP contribution in [0.25, 0.3) is 11.0 Å². The quantitative estimate of drug-likeness (QED) is 0.711. The Balaban J connectivity index is 2.13. The largest absolute Gasteiger partial charge is 0.307 e. The normalized spacial score (nSPS) is 10.9. The van der Waals surface area contributed by atoms with Crippen molar-refractivity contribution < 1.29 is 0 Å². The van der Waals surface area contributed by atoms with Gasteiger partial charge in [-0.25, -0.2) is 0 Å². The first-order valence-corrected chi connectivity index (χ1v) is 7.16. The van der Waals surface area contributed by atoms with E-state index in [1.807, 2.05) is 63.7 Å². The van der Waals surface area contributed by atoms with Crippen LogP contribution < -0.4 is 5.62 Å². The third-order valence-electron chi connectivity index (χ3n) is 3.54. The lowest BCUT2D eigenvalue weighted by atomic mass is 10.2. The van der Waals surface area contributed by atoms with Crippen LogP contribution in [0.2, 0.25) is 5.02 Å². The summed E-state index contributed by atoms with van der Waals surface area (Å²) in [6, 6.07) is 15.8. The van der Waals surface area contributed by atoms with Gasteiger partial charge in [0.1, 0.15) is 0 Å². The molecule has 3 nitrogen and oxygen atoms in total. The lowest BCUT2D eigenvalue weighted by molar-refractivity contribution is 0.671. The Kier molecular flexibility index (Phi) is 3.67. The van der Waals surface area contributed by atoms with Gasteiger partial charge in [-0.2, -0.15) is 0 Å². The van der Waals surface area contributed by atoms with Gasteiger partial charge in [0.25, 0.3) is 0 Å². The number of imidazole rings is 1. The molecule has 3 rings (SSSR count). The van der Waals surface area contributed by atoms with Gasteiger partial charge in [-0.15, -0.1) is 6.58 Å². The Labute approximate surface area is 128 Å². The Hall–Kier alpha value is -2.26. The number of hydrogen-bond donors (Lipinski definition) is 1. The summed E-state index contributed by atoms with van der Waals surface area (Å²) in [5, 5.41) is 9.15. The van der Waals surface area contributed by atoms with Crippen molar-refractivity contribution in [3.63, 3.8) is 0 Å². The van der Waals surface area contributed by atoms with E-state index in [0.717, 1.165) is 21.6 Å². The second-order valence-electron chi connectivity index (χ2n) is 4.92. The number of allylic oxidation sites excluding steroid dienone is 1. The fourth-order valence-electron chi connectivity index (χ4n) is 2.54. The first kappa shape index (κ1) is 13.7. The predicted molar refractivity (Wildman–Crippen MR) is 86.5 cm³/mol.